The zero-order valence-corrected chi connectivity index (χ0v) is 25.3. The number of terminal acetylenes is 1. The first-order chi connectivity index (χ1) is 21.5. The first kappa shape index (κ1) is 32.1. The number of piperazine rings is 1. The number of aromatic amines is 2. The Labute approximate surface area is 262 Å². The Kier molecular flexibility index (Phi) is 9.50. The Morgan fingerprint density at radius 1 is 1.11 bits per heavy atom. The Morgan fingerprint density at radius 3 is 2.44 bits per heavy atom. The van der Waals surface area contributed by atoms with Crippen LogP contribution >= 0.6 is 11.6 Å². The second kappa shape index (κ2) is 13.3. The summed E-state index contributed by atoms with van der Waals surface area (Å²) in [6.45, 7) is 3.58. The van der Waals surface area contributed by atoms with Crippen molar-refractivity contribution in [3.63, 3.8) is 0 Å². The molecule has 4 heterocycles. The van der Waals surface area contributed by atoms with Crippen LogP contribution < -0.4 is 5.32 Å². The maximum absolute atomic E-state index is 13.5. The van der Waals surface area contributed by atoms with Gasteiger partial charge in [-0.25, -0.2) is 4.98 Å². The van der Waals surface area contributed by atoms with Crippen LogP contribution in [0.2, 0.25) is 5.02 Å². The molecule has 0 bridgehead atoms. The van der Waals surface area contributed by atoms with Gasteiger partial charge in [-0.2, -0.15) is 18.3 Å². The van der Waals surface area contributed by atoms with Crippen molar-refractivity contribution < 1.29 is 27.6 Å². The van der Waals surface area contributed by atoms with E-state index in [9.17, 15) is 27.6 Å². The van der Waals surface area contributed by atoms with E-state index >= 15 is 0 Å². The van der Waals surface area contributed by atoms with Gasteiger partial charge in [0.2, 0.25) is 5.91 Å². The standard InChI is InChI=1S/C30H32ClF3N8O3/c1-3-4-22-24(25(39-38-22)30(32,33)34)23-17-35-26(37-23)27(43)36-16-18-5-6-20(21(31)15-18)29(45)42-13-11-41(12-14-42)28(44)19-7-9-40(2)10-8-19/h1,5-6,15,17,19H,4,7-14,16H2,2H3,(H,35,37)(H,36,43)(H,38,39). The Balaban J connectivity index is 1.17. The largest absolute Gasteiger partial charge is 0.435 e. The first-order valence-electron chi connectivity index (χ1n) is 14.4. The number of hydrogen-bond donors (Lipinski definition) is 3. The zero-order valence-electron chi connectivity index (χ0n) is 24.5. The van der Waals surface area contributed by atoms with E-state index in [1.165, 1.54) is 0 Å². The summed E-state index contributed by atoms with van der Waals surface area (Å²) in [7, 11) is 2.05. The van der Waals surface area contributed by atoms with Crippen LogP contribution in [-0.2, 0) is 23.9 Å². The monoisotopic (exact) mass is 644 g/mol. The second-order valence-corrected chi connectivity index (χ2v) is 11.5. The number of imidazole rings is 1. The van der Waals surface area contributed by atoms with Gasteiger partial charge in [0.15, 0.2) is 11.5 Å². The van der Waals surface area contributed by atoms with Gasteiger partial charge in [-0.1, -0.05) is 17.7 Å². The van der Waals surface area contributed by atoms with Crippen LogP contribution in [0, 0.1) is 18.3 Å². The lowest BCUT2D eigenvalue weighted by atomic mass is 9.95. The summed E-state index contributed by atoms with van der Waals surface area (Å²) < 4.78 is 40.5. The molecule has 5 rings (SSSR count). The van der Waals surface area contributed by atoms with E-state index in [1.54, 1.807) is 23.1 Å². The minimum absolute atomic E-state index is 0.0165. The topological polar surface area (TPSA) is 130 Å². The number of hydrogen-bond acceptors (Lipinski definition) is 6. The summed E-state index contributed by atoms with van der Waals surface area (Å²) >= 11 is 6.46. The SMILES string of the molecule is C#CCc1[nH]nc(C(F)(F)F)c1-c1cnc(C(=O)NCc2ccc(C(=O)N3CCN(C(=O)C4CCN(C)CC4)CC3)c(Cl)c2)[nH]1. The van der Waals surface area contributed by atoms with Crippen LogP contribution in [0.4, 0.5) is 13.2 Å². The van der Waals surface area contributed by atoms with Crippen molar-refractivity contribution in [1.82, 2.24) is 40.2 Å². The van der Waals surface area contributed by atoms with Gasteiger partial charge < -0.3 is 25.0 Å². The van der Waals surface area contributed by atoms with Crippen molar-refractivity contribution in [2.45, 2.75) is 32.0 Å². The summed E-state index contributed by atoms with van der Waals surface area (Å²) in [6, 6.07) is 4.80. The molecule has 238 valence electrons. The van der Waals surface area contributed by atoms with Gasteiger partial charge in [0, 0.05) is 38.6 Å². The predicted molar refractivity (Wildman–Crippen MR) is 159 cm³/mol. The van der Waals surface area contributed by atoms with E-state index in [2.05, 4.69) is 43.4 Å². The fraction of sp³-hybridized carbons (Fsp3) is 0.433. The van der Waals surface area contributed by atoms with Crippen LogP contribution in [0.3, 0.4) is 0 Å². The highest BCUT2D eigenvalue weighted by atomic mass is 35.5. The van der Waals surface area contributed by atoms with Crippen molar-refractivity contribution in [3.8, 4) is 23.6 Å². The van der Waals surface area contributed by atoms with Crippen molar-refractivity contribution in [2.75, 3.05) is 46.3 Å². The number of amides is 3. The summed E-state index contributed by atoms with van der Waals surface area (Å²) in [6.07, 6.45) is 3.20. The molecule has 2 saturated heterocycles. The molecule has 0 radical (unpaired) electrons. The number of rotatable bonds is 7. The molecule has 0 saturated carbocycles. The minimum atomic E-state index is -4.75. The van der Waals surface area contributed by atoms with Gasteiger partial charge in [0.25, 0.3) is 11.8 Å². The summed E-state index contributed by atoms with van der Waals surface area (Å²) in [4.78, 5) is 51.2. The lowest BCUT2D eigenvalue weighted by molar-refractivity contribution is -0.140. The van der Waals surface area contributed by atoms with E-state index in [4.69, 9.17) is 18.0 Å². The van der Waals surface area contributed by atoms with Crippen LogP contribution in [-0.4, -0.2) is 98.9 Å². The Bertz CT molecular complexity index is 1610. The molecule has 1 aromatic carbocycles. The molecule has 0 spiro atoms. The number of H-pyrrole nitrogens is 2. The van der Waals surface area contributed by atoms with Crippen LogP contribution in [0.5, 0.6) is 0 Å². The number of carbonyl (C=O) groups is 3. The van der Waals surface area contributed by atoms with Gasteiger partial charge in [-0.3, -0.25) is 19.5 Å². The number of piperidine rings is 1. The van der Waals surface area contributed by atoms with Gasteiger partial charge in [-0.15, -0.1) is 12.3 Å². The summed E-state index contributed by atoms with van der Waals surface area (Å²) in [5.41, 5.74) is -0.575. The molecular weight excluding hydrogens is 613 g/mol. The molecule has 11 nitrogen and oxygen atoms in total. The highest BCUT2D eigenvalue weighted by Gasteiger charge is 2.39. The molecule has 2 aromatic heterocycles. The number of carbonyl (C=O) groups excluding carboxylic acids is 3. The zero-order chi connectivity index (χ0) is 32.3. The number of benzene rings is 1. The van der Waals surface area contributed by atoms with Crippen molar-refractivity contribution in [2.24, 2.45) is 5.92 Å². The molecule has 0 aliphatic carbocycles. The van der Waals surface area contributed by atoms with E-state index < -0.39 is 17.8 Å². The number of nitrogens with zero attached hydrogens (tertiary/aromatic N) is 5. The third-order valence-electron chi connectivity index (χ3n) is 8.11. The minimum Gasteiger partial charge on any atom is -0.345 e. The van der Waals surface area contributed by atoms with Gasteiger partial charge in [-0.05, 0) is 50.7 Å². The number of aromatic nitrogens is 4. The second-order valence-electron chi connectivity index (χ2n) is 11.1. The third-order valence-corrected chi connectivity index (χ3v) is 8.42. The average Bonchev–Trinajstić information content (AvgIpc) is 3.68. The van der Waals surface area contributed by atoms with Crippen molar-refractivity contribution in [3.05, 3.63) is 57.8 Å². The van der Waals surface area contributed by atoms with E-state index in [0.717, 1.165) is 32.1 Å². The van der Waals surface area contributed by atoms with Gasteiger partial charge in [0.1, 0.15) is 0 Å². The fourth-order valence-electron chi connectivity index (χ4n) is 5.59. The van der Waals surface area contributed by atoms with E-state index in [0.29, 0.717) is 37.3 Å². The highest BCUT2D eigenvalue weighted by molar-refractivity contribution is 6.33. The number of halogens is 4. The molecular formula is C30H32ClF3N8O3. The van der Waals surface area contributed by atoms with Crippen molar-refractivity contribution >= 4 is 29.3 Å². The number of likely N-dealkylation sites (tertiary alicyclic amines) is 1. The molecule has 45 heavy (non-hydrogen) atoms. The smallest absolute Gasteiger partial charge is 0.345 e. The summed E-state index contributed by atoms with van der Waals surface area (Å²) in [5, 5.41) is 8.50. The maximum Gasteiger partial charge on any atom is 0.435 e. The van der Waals surface area contributed by atoms with Crippen LogP contribution in [0.15, 0.2) is 24.4 Å². The lowest BCUT2D eigenvalue weighted by Gasteiger charge is -2.38. The molecule has 2 aliphatic rings. The molecule has 3 aromatic rings. The molecule has 0 atom stereocenters. The van der Waals surface area contributed by atoms with Crippen molar-refractivity contribution in [1.29, 1.82) is 0 Å². The molecule has 0 unspecified atom stereocenters. The quantitative estimate of drug-likeness (QED) is 0.339. The molecule has 2 aliphatic heterocycles. The highest BCUT2D eigenvalue weighted by Crippen LogP contribution is 2.37. The van der Waals surface area contributed by atoms with Crippen LogP contribution in [0.25, 0.3) is 11.3 Å². The number of alkyl halides is 3. The van der Waals surface area contributed by atoms with Gasteiger partial charge in [0.05, 0.1) is 40.2 Å². The molecule has 3 N–H and O–H groups in total. The molecule has 2 fully saturated rings. The number of nitrogens with one attached hydrogen (secondary N) is 3. The van der Waals surface area contributed by atoms with Crippen LogP contribution in [0.1, 0.15) is 50.8 Å². The average molecular weight is 645 g/mol. The molecule has 15 heteroatoms. The van der Waals surface area contributed by atoms with Gasteiger partial charge >= 0.3 is 6.18 Å². The molecule has 3 amide bonds. The fourth-order valence-corrected chi connectivity index (χ4v) is 5.87. The Hall–Kier alpha value is -4.35. The summed E-state index contributed by atoms with van der Waals surface area (Å²) in [5.74, 6) is 1.35. The van der Waals surface area contributed by atoms with E-state index in [-0.39, 0.29) is 58.5 Å². The lowest BCUT2D eigenvalue weighted by Crippen LogP contribution is -2.52. The normalized spacial score (nSPS) is 16.4. The predicted octanol–water partition coefficient (Wildman–Crippen LogP) is 3.20. The maximum atomic E-state index is 13.5. The first-order valence-corrected chi connectivity index (χ1v) is 14.8. The van der Waals surface area contributed by atoms with E-state index in [1.807, 2.05) is 4.90 Å². The third kappa shape index (κ3) is 7.15. The Morgan fingerprint density at radius 2 is 1.80 bits per heavy atom.